The first kappa shape index (κ1) is 12.9. The minimum absolute atomic E-state index is 0.163. The lowest BCUT2D eigenvalue weighted by Gasteiger charge is -2.15. The molecular formula is C12H12FIN2S. The molecule has 0 bridgehead atoms. The van der Waals surface area contributed by atoms with E-state index in [9.17, 15) is 4.39 Å². The fraction of sp³-hybridized carbons (Fsp3) is 0.167. The first-order valence-electron chi connectivity index (χ1n) is 5.07. The van der Waals surface area contributed by atoms with E-state index in [0.717, 1.165) is 16.7 Å². The molecule has 0 aliphatic rings. The Kier molecular flexibility index (Phi) is 4.13. The van der Waals surface area contributed by atoms with E-state index in [2.05, 4.69) is 34.1 Å². The number of rotatable bonds is 3. The van der Waals surface area contributed by atoms with Crippen LogP contribution in [-0.4, -0.2) is 0 Å². The fourth-order valence-electron chi connectivity index (χ4n) is 1.79. The Balaban J connectivity index is 2.41. The lowest BCUT2D eigenvalue weighted by molar-refractivity contribution is 0.604. The van der Waals surface area contributed by atoms with Gasteiger partial charge in [0, 0.05) is 0 Å². The Morgan fingerprint density at radius 2 is 2.06 bits per heavy atom. The van der Waals surface area contributed by atoms with Crippen molar-refractivity contribution < 1.29 is 4.39 Å². The summed E-state index contributed by atoms with van der Waals surface area (Å²) in [6.07, 6.45) is 0. The van der Waals surface area contributed by atoms with Crippen molar-refractivity contribution in [3.8, 4) is 0 Å². The van der Waals surface area contributed by atoms with Gasteiger partial charge in [0.25, 0.3) is 0 Å². The number of nitrogens with one attached hydrogen (secondary N) is 1. The van der Waals surface area contributed by atoms with E-state index in [0.29, 0.717) is 0 Å². The molecule has 0 aliphatic heterocycles. The first-order valence-corrected chi connectivity index (χ1v) is 7.03. The summed E-state index contributed by atoms with van der Waals surface area (Å²) >= 11 is 3.91. The third-order valence-corrected chi connectivity index (χ3v) is 4.29. The quantitative estimate of drug-likeness (QED) is 0.499. The van der Waals surface area contributed by atoms with Crippen molar-refractivity contribution in [1.82, 2.24) is 5.43 Å². The maximum atomic E-state index is 13.4. The Bertz CT molecular complexity index is 507. The van der Waals surface area contributed by atoms with Gasteiger partial charge in [-0.05, 0) is 69.8 Å². The average Bonchev–Trinajstić information content (AvgIpc) is 2.64. The van der Waals surface area contributed by atoms with E-state index in [1.165, 1.54) is 15.0 Å². The van der Waals surface area contributed by atoms with Gasteiger partial charge in [-0.15, -0.1) is 11.3 Å². The van der Waals surface area contributed by atoms with Gasteiger partial charge in [-0.2, -0.15) is 0 Å². The van der Waals surface area contributed by atoms with E-state index in [4.69, 9.17) is 5.84 Å². The molecule has 0 saturated carbocycles. The highest BCUT2D eigenvalue weighted by molar-refractivity contribution is 14.1. The molecule has 2 nitrogen and oxygen atoms in total. The van der Waals surface area contributed by atoms with Gasteiger partial charge < -0.3 is 0 Å². The number of nitrogens with two attached hydrogens (primary N) is 1. The Labute approximate surface area is 117 Å². The molecule has 2 rings (SSSR count). The Hall–Kier alpha value is -0.500. The number of aryl methyl sites for hydroxylation is 1. The van der Waals surface area contributed by atoms with Crippen LogP contribution in [0, 0.1) is 15.6 Å². The second-order valence-corrected chi connectivity index (χ2v) is 6.65. The highest BCUT2D eigenvalue weighted by atomic mass is 127. The molecule has 1 unspecified atom stereocenters. The molecule has 0 saturated heterocycles. The van der Waals surface area contributed by atoms with Crippen LogP contribution >= 0.6 is 33.9 Å². The van der Waals surface area contributed by atoms with Gasteiger partial charge in [-0.1, -0.05) is 6.07 Å². The number of hydrogen-bond donors (Lipinski definition) is 2. The molecule has 0 fully saturated rings. The van der Waals surface area contributed by atoms with Crippen LogP contribution in [0.15, 0.2) is 29.6 Å². The number of hydrazine groups is 1. The second-order valence-electron chi connectivity index (χ2n) is 3.85. The van der Waals surface area contributed by atoms with Crippen LogP contribution in [0.5, 0.6) is 0 Å². The highest BCUT2D eigenvalue weighted by Crippen LogP contribution is 2.27. The molecule has 17 heavy (non-hydrogen) atoms. The van der Waals surface area contributed by atoms with Gasteiger partial charge in [-0.3, -0.25) is 5.84 Å². The van der Waals surface area contributed by atoms with Gasteiger partial charge in [0.1, 0.15) is 5.82 Å². The number of thiophene rings is 1. The third-order valence-electron chi connectivity index (χ3n) is 2.49. The van der Waals surface area contributed by atoms with Crippen LogP contribution in [0.25, 0.3) is 0 Å². The number of benzene rings is 1. The fourth-order valence-corrected chi connectivity index (χ4v) is 3.19. The molecule has 1 atom stereocenters. The summed E-state index contributed by atoms with van der Waals surface area (Å²) in [7, 11) is 0. The van der Waals surface area contributed by atoms with Crippen LogP contribution in [0.4, 0.5) is 4.39 Å². The summed E-state index contributed by atoms with van der Waals surface area (Å²) in [5, 5.41) is 2.03. The highest BCUT2D eigenvalue weighted by Gasteiger charge is 2.15. The average molecular weight is 362 g/mol. The normalized spacial score (nSPS) is 12.7. The van der Waals surface area contributed by atoms with Crippen LogP contribution in [0.3, 0.4) is 0 Å². The first-order chi connectivity index (χ1) is 8.10. The van der Waals surface area contributed by atoms with Gasteiger partial charge in [-0.25, -0.2) is 9.82 Å². The van der Waals surface area contributed by atoms with Crippen molar-refractivity contribution in [2.45, 2.75) is 13.0 Å². The third kappa shape index (κ3) is 3.04. The zero-order valence-electron chi connectivity index (χ0n) is 9.21. The van der Waals surface area contributed by atoms with Gasteiger partial charge >= 0.3 is 0 Å². The molecule has 0 amide bonds. The molecule has 5 heteroatoms. The van der Waals surface area contributed by atoms with Crippen LogP contribution < -0.4 is 11.3 Å². The van der Waals surface area contributed by atoms with Crippen molar-refractivity contribution in [2.24, 2.45) is 5.84 Å². The molecule has 1 heterocycles. The van der Waals surface area contributed by atoms with Gasteiger partial charge in [0.2, 0.25) is 0 Å². The van der Waals surface area contributed by atoms with Crippen molar-refractivity contribution >= 4 is 33.9 Å². The maximum Gasteiger partial charge on any atom is 0.123 e. The monoisotopic (exact) mass is 362 g/mol. The maximum absolute atomic E-state index is 13.4. The van der Waals surface area contributed by atoms with Crippen LogP contribution in [0.1, 0.15) is 22.7 Å². The molecule has 2 aromatic rings. The summed E-state index contributed by atoms with van der Waals surface area (Å²) in [6, 6.07) is 6.86. The largest absolute Gasteiger partial charge is 0.271 e. The van der Waals surface area contributed by atoms with E-state index in [1.807, 2.05) is 18.4 Å². The molecule has 0 aliphatic carbocycles. The van der Waals surface area contributed by atoms with E-state index in [1.54, 1.807) is 11.3 Å². The zero-order valence-corrected chi connectivity index (χ0v) is 12.2. The van der Waals surface area contributed by atoms with Crippen molar-refractivity contribution in [2.75, 3.05) is 0 Å². The predicted molar refractivity (Wildman–Crippen MR) is 77.3 cm³/mol. The van der Waals surface area contributed by atoms with Gasteiger partial charge in [0.15, 0.2) is 0 Å². The Morgan fingerprint density at radius 3 is 2.59 bits per heavy atom. The summed E-state index contributed by atoms with van der Waals surface area (Å²) < 4.78 is 14.6. The lowest BCUT2D eigenvalue weighted by Crippen LogP contribution is -2.28. The molecular weight excluding hydrogens is 350 g/mol. The standard InChI is InChI=1S/C12H12FIN2S/c1-7-2-8(4-10(13)3-7)12(16-15)9-5-11(14)17-6-9/h2-6,12,16H,15H2,1H3. The minimum Gasteiger partial charge on any atom is -0.271 e. The van der Waals surface area contributed by atoms with Crippen molar-refractivity contribution in [1.29, 1.82) is 0 Å². The molecule has 90 valence electrons. The molecule has 0 spiro atoms. The number of halogens is 2. The summed E-state index contributed by atoms with van der Waals surface area (Å²) in [5.74, 6) is 5.34. The minimum atomic E-state index is -0.231. The molecule has 1 aromatic heterocycles. The second kappa shape index (κ2) is 5.43. The molecule has 0 radical (unpaired) electrons. The van der Waals surface area contributed by atoms with E-state index < -0.39 is 0 Å². The SMILES string of the molecule is Cc1cc(F)cc(C(NN)c2csc(I)c2)c1. The summed E-state index contributed by atoms with van der Waals surface area (Å²) in [5.41, 5.74) is 5.54. The van der Waals surface area contributed by atoms with Crippen LogP contribution in [-0.2, 0) is 0 Å². The lowest BCUT2D eigenvalue weighted by atomic mass is 10.00. The summed E-state index contributed by atoms with van der Waals surface area (Å²) in [4.78, 5) is 0. The van der Waals surface area contributed by atoms with Crippen LogP contribution in [0.2, 0.25) is 0 Å². The molecule has 3 N–H and O–H groups in total. The summed E-state index contributed by atoms with van der Waals surface area (Å²) in [6.45, 7) is 1.87. The predicted octanol–water partition coefficient (Wildman–Crippen LogP) is 3.35. The van der Waals surface area contributed by atoms with E-state index >= 15 is 0 Å². The smallest absolute Gasteiger partial charge is 0.123 e. The van der Waals surface area contributed by atoms with Crippen molar-refractivity contribution in [3.05, 3.63) is 55.0 Å². The topological polar surface area (TPSA) is 38.0 Å². The zero-order chi connectivity index (χ0) is 12.4. The van der Waals surface area contributed by atoms with Gasteiger partial charge in [0.05, 0.1) is 8.93 Å². The number of hydrogen-bond acceptors (Lipinski definition) is 3. The molecule has 1 aromatic carbocycles. The Morgan fingerprint density at radius 1 is 1.29 bits per heavy atom. The van der Waals surface area contributed by atoms with Crippen molar-refractivity contribution in [3.63, 3.8) is 0 Å². The van der Waals surface area contributed by atoms with E-state index in [-0.39, 0.29) is 11.9 Å².